The van der Waals surface area contributed by atoms with Crippen LogP contribution in [0.2, 0.25) is 0 Å². The quantitative estimate of drug-likeness (QED) is 0.670. The molecule has 0 aliphatic heterocycles. The van der Waals surface area contributed by atoms with Crippen molar-refractivity contribution in [3.63, 3.8) is 0 Å². The molecule has 1 N–H and O–H groups in total. The highest BCUT2D eigenvalue weighted by Crippen LogP contribution is 2.11. The van der Waals surface area contributed by atoms with Crippen LogP contribution < -0.4 is 0 Å². The van der Waals surface area contributed by atoms with Gasteiger partial charge in [-0.15, -0.1) is 0 Å². The van der Waals surface area contributed by atoms with Gasteiger partial charge >= 0.3 is 0 Å². The number of nitrogens with one attached hydrogen (secondary N) is 1. The minimum absolute atomic E-state index is 0.238. The van der Waals surface area contributed by atoms with Crippen LogP contribution in [0.15, 0.2) is 77.9 Å². The Morgan fingerprint density at radius 3 is 1.90 bits per heavy atom. The van der Waals surface area contributed by atoms with E-state index in [2.05, 4.69) is 11.6 Å². The summed E-state index contributed by atoms with van der Waals surface area (Å²) in [6, 6.07) is 19.4. The number of hydrogen-bond acceptors (Lipinski definition) is 1. The molecule has 0 amide bonds. The Morgan fingerprint density at radius 2 is 1.43 bits per heavy atom. The SMILES string of the molecule is C=C(C)N(C)/C(=N\C(=N)c1ccccc1)c1ccccc1. The zero-order chi connectivity index (χ0) is 15.2. The molecule has 0 unspecified atom stereocenters. The van der Waals surface area contributed by atoms with Crippen molar-refractivity contribution >= 4 is 11.7 Å². The maximum atomic E-state index is 8.20. The van der Waals surface area contributed by atoms with Gasteiger partial charge in [-0.2, -0.15) is 0 Å². The van der Waals surface area contributed by atoms with Gasteiger partial charge in [-0.25, -0.2) is 4.99 Å². The molecule has 2 aromatic carbocycles. The number of benzene rings is 2. The molecule has 21 heavy (non-hydrogen) atoms. The average molecular weight is 277 g/mol. The Bertz CT molecular complexity index is 657. The minimum Gasteiger partial charge on any atom is -0.334 e. The predicted molar refractivity (Wildman–Crippen MR) is 88.8 cm³/mol. The van der Waals surface area contributed by atoms with Gasteiger partial charge in [-0.1, -0.05) is 67.2 Å². The van der Waals surface area contributed by atoms with Crippen molar-refractivity contribution in [2.75, 3.05) is 7.05 Å². The van der Waals surface area contributed by atoms with Crippen LogP contribution in [0.4, 0.5) is 0 Å². The van der Waals surface area contributed by atoms with Crippen LogP contribution in [0.3, 0.4) is 0 Å². The number of amidine groups is 2. The first-order chi connectivity index (χ1) is 10.1. The first kappa shape index (κ1) is 14.7. The third kappa shape index (κ3) is 3.66. The number of aliphatic imine (C=N–C) groups is 1. The molecule has 3 heteroatoms. The summed E-state index contributed by atoms with van der Waals surface area (Å²) in [5.74, 6) is 0.958. The second-order valence-corrected chi connectivity index (χ2v) is 4.81. The van der Waals surface area contributed by atoms with E-state index in [4.69, 9.17) is 5.41 Å². The lowest BCUT2D eigenvalue weighted by molar-refractivity contribution is 0.632. The molecule has 3 nitrogen and oxygen atoms in total. The summed E-state index contributed by atoms with van der Waals surface area (Å²) < 4.78 is 0. The molecule has 0 heterocycles. The van der Waals surface area contributed by atoms with Gasteiger partial charge in [0.1, 0.15) is 5.84 Å². The summed E-state index contributed by atoms with van der Waals surface area (Å²) in [7, 11) is 1.91. The van der Waals surface area contributed by atoms with E-state index in [1.165, 1.54) is 0 Å². The molecule has 106 valence electrons. The summed E-state index contributed by atoms with van der Waals surface area (Å²) in [6.07, 6.45) is 0. The molecular formula is C18H19N3. The van der Waals surface area contributed by atoms with Gasteiger partial charge in [-0.05, 0) is 6.92 Å². The van der Waals surface area contributed by atoms with Crippen molar-refractivity contribution in [3.8, 4) is 0 Å². The van der Waals surface area contributed by atoms with Crippen molar-refractivity contribution in [1.29, 1.82) is 5.41 Å². The van der Waals surface area contributed by atoms with E-state index < -0.39 is 0 Å². The Morgan fingerprint density at radius 1 is 0.952 bits per heavy atom. The van der Waals surface area contributed by atoms with Crippen molar-refractivity contribution < 1.29 is 0 Å². The Hall–Kier alpha value is -2.68. The van der Waals surface area contributed by atoms with Crippen molar-refractivity contribution in [2.24, 2.45) is 4.99 Å². The first-order valence-electron chi connectivity index (χ1n) is 6.77. The van der Waals surface area contributed by atoms with Crippen LogP contribution in [0, 0.1) is 5.41 Å². The van der Waals surface area contributed by atoms with Crippen molar-refractivity contribution in [3.05, 3.63) is 84.1 Å². The van der Waals surface area contributed by atoms with Crippen LogP contribution in [-0.2, 0) is 0 Å². The predicted octanol–water partition coefficient (Wildman–Crippen LogP) is 3.92. The van der Waals surface area contributed by atoms with Crippen LogP contribution in [0.5, 0.6) is 0 Å². The molecule has 2 aromatic rings. The van der Waals surface area contributed by atoms with Gasteiger partial charge in [0.05, 0.1) is 0 Å². The van der Waals surface area contributed by atoms with E-state index in [0.717, 1.165) is 22.7 Å². The van der Waals surface area contributed by atoms with Crippen LogP contribution in [0.25, 0.3) is 0 Å². The molecule has 0 radical (unpaired) electrons. The Kier molecular flexibility index (Phi) is 4.67. The summed E-state index contributed by atoms with van der Waals surface area (Å²) in [5.41, 5.74) is 2.63. The van der Waals surface area contributed by atoms with Crippen molar-refractivity contribution in [2.45, 2.75) is 6.92 Å². The van der Waals surface area contributed by atoms with E-state index in [1.54, 1.807) is 0 Å². The molecule has 0 bridgehead atoms. The molecule has 0 aromatic heterocycles. The Labute approximate surface area is 125 Å². The Balaban J connectivity index is 2.43. The van der Waals surface area contributed by atoms with Crippen LogP contribution in [-0.4, -0.2) is 23.6 Å². The summed E-state index contributed by atoms with van der Waals surface area (Å²) >= 11 is 0. The van der Waals surface area contributed by atoms with E-state index >= 15 is 0 Å². The normalized spacial score (nSPS) is 11.0. The maximum absolute atomic E-state index is 8.20. The van der Waals surface area contributed by atoms with Gasteiger partial charge in [-0.3, -0.25) is 5.41 Å². The topological polar surface area (TPSA) is 39.5 Å². The fourth-order valence-corrected chi connectivity index (χ4v) is 1.87. The lowest BCUT2D eigenvalue weighted by Crippen LogP contribution is -2.26. The summed E-state index contributed by atoms with van der Waals surface area (Å²) in [5, 5.41) is 8.20. The highest BCUT2D eigenvalue weighted by molar-refractivity contribution is 6.10. The number of allylic oxidation sites excluding steroid dienone is 1. The zero-order valence-corrected chi connectivity index (χ0v) is 12.4. The summed E-state index contributed by atoms with van der Waals surface area (Å²) in [6.45, 7) is 5.88. The van der Waals surface area contributed by atoms with Crippen molar-refractivity contribution in [1.82, 2.24) is 4.90 Å². The largest absolute Gasteiger partial charge is 0.334 e. The van der Waals surface area contributed by atoms with E-state index in [9.17, 15) is 0 Å². The molecule has 0 aliphatic rings. The van der Waals surface area contributed by atoms with Crippen LogP contribution in [0.1, 0.15) is 18.1 Å². The second-order valence-electron chi connectivity index (χ2n) is 4.81. The van der Waals surface area contributed by atoms with E-state index in [0.29, 0.717) is 0 Å². The van der Waals surface area contributed by atoms with Gasteiger partial charge in [0.2, 0.25) is 0 Å². The number of hydrogen-bond donors (Lipinski definition) is 1. The van der Waals surface area contributed by atoms with Gasteiger partial charge in [0.25, 0.3) is 0 Å². The molecular weight excluding hydrogens is 258 g/mol. The molecule has 0 spiro atoms. The monoisotopic (exact) mass is 277 g/mol. The molecule has 2 rings (SSSR count). The third-order valence-corrected chi connectivity index (χ3v) is 3.19. The minimum atomic E-state index is 0.238. The molecule has 0 saturated heterocycles. The van der Waals surface area contributed by atoms with E-state index in [1.807, 2.05) is 79.5 Å². The fourth-order valence-electron chi connectivity index (χ4n) is 1.87. The smallest absolute Gasteiger partial charge is 0.154 e. The summed E-state index contributed by atoms with van der Waals surface area (Å²) in [4.78, 5) is 6.40. The molecule has 0 saturated carbocycles. The lowest BCUT2D eigenvalue weighted by Gasteiger charge is -2.21. The van der Waals surface area contributed by atoms with Gasteiger partial charge < -0.3 is 4.90 Å². The molecule has 0 aliphatic carbocycles. The van der Waals surface area contributed by atoms with Gasteiger partial charge in [0.15, 0.2) is 5.84 Å². The molecule has 0 atom stereocenters. The maximum Gasteiger partial charge on any atom is 0.154 e. The first-order valence-corrected chi connectivity index (χ1v) is 6.77. The fraction of sp³-hybridized carbons (Fsp3) is 0.111. The van der Waals surface area contributed by atoms with Gasteiger partial charge in [0, 0.05) is 23.9 Å². The standard InChI is InChI=1S/C18H19N3/c1-14(2)21(3)18(16-12-8-5-9-13-16)20-17(19)15-10-6-4-7-11-15/h4-13,19H,1H2,2-3H3/b19-17?,20-18-. The number of rotatable bonds is 3. The second kappa shape index (κ2) is 6.66. The van der Waals surface area contributed by atoms with E-state index in [-0.39, 0.29) is 5.84 Å². The highest BCUT2D eigenvalue weighted by Gasteiger charge is 2.11. The third-order valence-electron chi connectivity index (χ3n) is 3.19. The van der Waals surface area contributed by atoms with Crippen LogP contribution >= 0.6 is 0 Å². The average Bonchev–Trinajstić information content (AvgIpc) is 2.53. The zero-order valence-electron chi connectivity index (χ0n) is 12.4. The number of nitrogens with zero attached hydrogens (tertiary/aromatic N) is 2. The highest BCUT2D eigenvalue weighted by atomic mass is 15.2. The molecule has 0 fully saturated rings. The lowest BCUT2D eigenvalue weighted by atomic mass is 10.1.